The predicted octanol–water partition coefficient (Wildman–Crippen LogP) is 5.36. The molecule has 5 rings (SSSR count). The molecule has 196 valence electrons. The third-order valence-corrected chi connectivity index (χ3v) is 8.42. The Morgan fingerprint density at radius 3 is 2.59 bits per heavy atom. The molecular formula is C26H27F3N4O3S. The fraction of sp³-hybridized carbons (Fsp3) is 0.500. The Hall–Kier alpha value is -2.95. The number of nitrogens with zero attached hydrogens (tertiary/aromatic N) is 4. The number of Topliss-reactive ketones (excluding diaryl/α,β-unsaturated/α-hetero) is 1. The molecule has 2 fully saturated rings. The number of halogens is 3. The molecule has 0 amide bonds. The average molecular weight is 533 g/mol. The normalized spacial score (nSPS) is 22.8. The Bertz CT molecular complexity index is 1340. The van der Waals surface area contributed by atoms with E-state index < -0.39 is 34.6 Å². The molecule has 0 spiro atoms. The van der Waals surface area contributed by atoms with Crippen LogP contribution in [0.2, 0.25) is 0 Å². The van der Waals surface area contributed by atoms with Gasteiger partial charge in [-0.05, 0) is 63.1 Å². The van der Waals surface area contributed by atoms with Crippen LogP contribution in [0.1, 0.15) is 67.5 Å². The molecule has 37 heavy (non-hydrogen) atoms. The Balaban J connectivity index is 1.35. The minimum absolute atomic E-state index is 0.0136. The lowest BCUT2D eigenvalue weighted by molar-refractivity contribution is -0.177. The molecule has 1 saturated carbocycles. The van der Waals surface area contributed by atoms with Crippen LogP contribution in [-0.2, 0) is 20.7 Å². The van der Waals surface area contributed by atoms with E-state index in [-0.39, 0.29) is 23.3 Å². The number of alkyl halides is 2. The van der Waals surface area contributed by atoms with Crippen molar-refractivity contribution in [2.24, 2.45) is 5.92 Å². The van der Waals surface area contributed by atoms with E-state index in [0.717, 1.165) is 61.0 Å². The molecule has 3 heterocycles. The Labute approximate surface area is 216 Å². The molecule has 1 aliphatic heterocycles. The number of rotatable bonds is 7. The van der Waals surface area contributed by atoms with E-state index in [1.54, 1.807) is 4.52 Å². The summed E-state index contributed by atoms with van der Waals surface area (Å²) in [6.07, 6.45) is 1.38. The first-order chi connectivity index (χ1) is 17.6. The van der Waals surface area contributed by atoms with E-state index in [1.165, 1.54) is 6.07 Å². The van der Waals surface area contributed by atoms with Gasteiger partial charge in [0.2, 0.25) is 5.16 Å². The van der Waals surface area contributed by atoms with Crippen molar-refractivity contribution in [3.05, 3.63) is 52.6 Å². The zero-order chi connectivity index (χ0) is 26.3. The number of aryl methyl sites for hydroxylation is 3. The Kier molecular flexibility index (Phi) is 6.99. The number of ketones is 1. The second-order valence-corrected chi connectivity index (χ2v) is 11.0. The predicted molar refractivity (Wildman–Crippen MR) is 130 cm³/mol. The number of aromatic nitrogens is 4. The second-order valence-electron chi connectivity index (χ2n) is 9.91. The number of esters is 1. The molecule has 2 aliphatic rings. The van der Waals surface area contributed by atoms with Crippen molar-refractivity contribution in [1.29, 1.82) is 0 Å². The number of ether oxygens (including phenoxy) is 1. The first-order valence-corrected chi connectivity index (χ1v) is 13.2. The van der Waals surface area contributed by atoms with Gasteiger partial charge in [-0.15, -0.1) is 5.10 Å². The largest absolute Gasteiger partial charge is 0.457 e. The van der Waals surface area contributed by atoms with Gasteiger partial charge in [-0.25, -0.2) is 22.7 Å². The SMILES string of the molecule is Cc1cc(C)n2nc(SC3C(=O)CC(CCc4ccc(C(F)F)c(F)c4)(C4CCCC4)OC3=O)nc2n1. The van der Waals surface area contributed by atoms with E-state index in [0.29, 0.717) is 24.2 Å². The molecule has 7 nitrogen and oxygen atoms in total. The molecule has 1 aromatic carbocycles. The third kappa shape index (κ3) is 5.10. The van der Waals surface area contributed by atoms with Gasteiger partial charge in [-0.1, -0.05) is 36.7 Å². The summed E-state index contributed by atoms with van der Waals surface area (Å²) in [5.74, 6) is -1.45. The molecule has 1 aliphatic carbocycles. The van der Waals surface area contributed by atoms with E-state index in [9.17, 15) is 22.8 Å². The van der Waals surface area contributed by atoms with E-state index in [1.807, 2.05) is 19.9 Å². The van der Waals surface area contributed by atoms with Crippen LogP contribution in [0, 0.1) is 25.6 Å². The van der Waals surface area contributed by atoms with Crippen LogP contribution in [-0.4, -0.2) is 42.2 Å². The van der Waals surface area contributed by atoms with E-state index >= 15 is 0 Å². The van der Waals surface area contributed by atoms with Gasteiger partial charge >= 0.3 is 5.97 Å². The number of fused-ring (bicyclic) bond motifs is 1. The fourth-order valence-electron chi connectivity index (χ4n) is 5.51. The van der Waals surface area contributed by atoms with Crippen LogP contribution in [0.15, 0.2) is 29.4 Å². The first kappa shape index (κ1) is 25.7. The summed E-state index contributed by atoms with van der Waals surface area (Å²) in [6.45, 7) is 3.72. The first-order valence-electron chi connectivity index (χ1n) is 12.3. The zero-order valence-corrected chi connectivity index (χ0v) is 21.4. The summed E-state index contributed by atoms with van der Waals surface area (Å²) in [5, 5.41) is 3.57. The Morgan fingerprint density at radius 2 is 1.92 bits per heavy atom. The summed E-state index contributed by atoms with van der Waals surface area (Å²) in [7, 11) is 0. The highest BCUT2D eigenvalue weighted by Gasteiger charge is 2.52. The molecule has 3 aromatic rings. The lowest BCUT2D eigenvalue weighted by Gasteiger charge is -2.42. The van der Waals surface area contributed by atoms with Crippen molar-refractivity contribution in [2.75, 3.05) is 0 Å². The van der Waals surface area contributed by atoms with Crippen LogP contribution in [0.25, 0.3) is 5.78 Å². The van der Waals surface area contributed by atoms with Gasteiger partial charge in [0, 0.05) is 17.8 Å². The summed E-state index contributed by atoms with van der Waals surface area (Å²) >= 11 is 0.957. The van der Waals surface area contributed by atoms with Crippen molar-refractivity contribution in [3.63, 3.8) is 0 Å². The second kappa shape index (κ2) is 10.1. The average Bonchev–Trinajstić information content (AvgIpc) is 3.51. The molecule has 11 heteroatoms. The van der Waals surface area contributed by atoms with Crippen molar-refractivity contribution >= 4 is 29.3 Å². The van der Waals surface area contributed by atoms with Crippen molar-refractivity contribution in [1.82, 2.24) is 19.6 Å². The molecular weight excluding hydrogens is 505 g/mol. The minimum Gasteiger partial charge on any atom is -0.457 e. The maximum absolute atomic E-state index is 14.1. The standard InChI is InChI=1S/C26H27F3N4O3S/c1-14-11-15(2)33-24(30-14)31-25(32-33)37-21-20(34)13-26(36-23(21)35,17-5-3-4-6-17)10-9-16-7-8-18(22(28)29)19(27)12-16/h7-8,11-12,17,21-22H,3-6,9-10,13H2,1-2H3. The van der Waals surface area contributed by atoms with Gasteiger partial charge < -0.3 is 4.74 Å². The summed E-state index contributed by atoms with van der Waals surface area (Å²) < 4.78 is 47.6. The topological polar surface area (TPSA) is 86.5 Å². The van der Waals surface area contributed by atoms with Crippen LogP contribution in [0.3, 0.4) is 0 Å². The monoisotopic (exact) mass is 532 g/mol. The Morgan fingerprint density at radius 1 is 1.16 bits per heavy atom. The number of cyclic esters (lactones) is 1. The number of carbonyl (C=O) groups is 2. The molecule has 0 N–H and O–H groups in total. The molecule has 2 atom stereocenters. The zero-order valence-electron chi connectivity index (χ0n) is 20.5. The van der Waals surface area contributed by atoms with Crippen molar-refractivity contribution in [2.45, 2.75) is 81.2 Å². The smallest absolute Gasteiger partial charge is 0.327 e. The van der Waals surface area contributed by atoms with Gasteiger partial charge in [-0.3, -0.25) is 9.59 Å². The van der Waals surface area contributed by atoms with E-state index in [4.69, 9.17) is 4.74 Å². The van der Waals surface area contributed by atoms with Gasteiger partial charge in [0.25, 0.3) is 12.2 Å². The van der Waals surface area contributed by atoms with Gasteiger partial charge in [-0.2, -0.15) is 4.98 Å². The molecule has 2 aromatic heterocycles. The maximum atomic E-state index is 14.1. The number of hydrogen-bond donors (Lipinski definition) is 0. The summed E-state index contributed by atoms with van der Waals surface area (Å²) in [4.78, 5) is 35.3. The van der Waals surface area contributed by atoms with E-state index in [2.05, 4.69) is 15.1 Å². The summed E-state index contributed by atoms with van der Waals surface area (Å²) in [5.41, 5.74) is 0.493. The number of carbonyl (C=O) groups excluding carboxylic acids is 2. The minimum atomic E-state index is -2.89. The molecule has 1 saturated heterocycles. The van der Waals surface area contributed by atoms with Crippen LogP contribution in [0.4, 0.5) is 13.2 Å². The van der Waals surface area contributed by atoms with Crippen LogP contribution < -0.4 is 0 Å². The molecule has 0 bridgehead atoms. The quantitative estimate of drug-likeness (QED) is 0.299. The molecule has 2 unspecified atom stereocenters. The third-order valence-electron chi connectivity index (χ3n) is 7.34. The highest BCUT2D eigenvalue weighted by atomic mass is 32.2. The lowest BCUT2D eigenvalue weighted by atomic mass is 9.76. The lowest BCUT2D eigenvalue weighted by Crippen LogP contribution is -2.53. The van der Waals surface area contributed by atoms with Crippen molar-refractivity contribution < 1.29 is 27.5 Å². The maximum Gasteiger partial charge on any atom is 0.327 e. The number of thioether (sulfide) groups is 1. The van der Waals surface area contributed by atoms with Gasteiger partial charge in [0.15, 0.2) is 11.0 Å². The summed E-state index contributed by atoms with van der Waals surface area (Å²) in [6, 6.07) is 5.51. The fourth-order valence-corrected chi connectivity index (χ4v) is 6.34. The van der Waals surface area contributed by atoms with Crippen molar-refractivity contribution in [3.8, 4) is 0 Å². The van der Waals surface area contributed by atoms with Crippen LogP contribution in [0.5, 0.6) is 0 Å². The highest BCUT2D eigenvalue weighted by Crippen LogP contribution is 2.45. The van der Waals surface area contributed by atoms with Gasteiger partial charge in [0.1, 0.15) is 11.4 Å². The highest BCUT2D eigenvalue weighted by molar-refractivity contribution is 8.01. The number of hydrogen-bond acceptors (Lipinski definition) is 7. The molecule has 0 radical (unpaired) electrons. The van der Waals surface area contributed by atoms with Gasteiger partial charge in [0.05, 0.1) is 5.56 Å². The van der Waals surface area contributed by atoms with Crippen LogP contribution >= 0.6 is 11.8 Å². The number of benzene rings is 1.